The summed E-state index contributed by atoms with van der Waals surface area (Å²) in [5, 5.41) is 13.4. The van der Waals surface area contributed by atoms with Gasteiger partial charge in [0.1, 0.15) is 23.7 Å². The third kappa shape index (κ3) is 4.86. The molecule has 7 heteroatoms. The summed E-state index contributed by atoms with van der Waals surface area (Å²) < 4.78 is 18.5. The van der Waals surface area contributed by atoms with E-state index >= 15 is 0 Å². The van der Waals surface area contributed by atoms with Crippen LogP contribution in [-0.2, 0) is 16.1 Å². The second-order valence-electron chi connectivity index (χ2n) is 7.96. The normalized spacial score (nSPS) is 20.9. The first-order chi connectivity index (χ1) is 14.3. The highest BCUT2D eigenvalue weighted by atomic mass is 19.1. The molecular weight excluding hydrogens is 387 g/mol. The van der Waals surface area contributed by atoms with Crippen LogP contribution in [0.15, 0.2) is 48.5 Å². The molecule has 0 aliphatic carbocycles. The van der Waals surface area contributed by atoms with Crippen molar-refractivity contribution < 1.29 is 23.8 Å². The molecule has 1 aliphatic rings. The smallest absolute Gasteiger partial charge is 0.247 e. The number of methoxy groups -OCH3 is 1. The molecule has 2 aromatic carbocycles. The Labute approximate surface area is 175 Å². The highest BCUT2D eigenvalue weighted by Crippen LogP contribution is 2.30. The van der Waals surface area contributed by atoms with Gasteiger partial charge >= 0.3 is 0 Å². The van der Waals surface area contributed by atoms with E-state index in [0.717, 1.165) is 5.56 Å². The quantitative estimate of drug-likeness (QED) is 0.682. The van der Waals surface area contributed by atoms with E-state index in [1.165, 1.54) is 24.3 Å². The average Bonchev–Trinajstić information content (AvgIpc) is 2.71. The molecule has 1 saturated heterocycles. The van der Waals surface area contributed by atoms with Gasteiger partial charge in [-0.3, -0.25) is 19.8 Å². The van der Waals surface area contributed by atoms with Gasteiger partial charge in [0.2, 0.25) is 11.8 Å². The van der Waals surface area contributed by atoms with Crippen molar-refractivity contribution in [1.82, 2.24) is 10.2 Å². The number of aliphatic hydroxyl groups excluding tert-OH is 1. The van der Waals surface area contributed by atoms with Crippen molar-refractivity contribution in [2.45, 2.75) is 45.0 Å². The SMILES string of the molecule is COc1ccc(CN2[C@@H]([C@H](O)c3ccc(F)cc3)C(=O)NC(=O)[C@@H]2CC(C)C)cc1. The predicted molar refractivity (Wildman–Crippen MR) is 110 cm³/mol. The summed E-state index contributed by atoms with van der Waals surface area (Å²) in [6.45, 7) is 4.30. The predicted octanol–water partition coefficient (Wildman–Crippen LogP) is 2.81. The van der Waals surface area contributed by atoms with Gasteiger partial charge in [0.25, 0.3) is 0 Å². The molecule has 0 spiro atoms. The van der Waals surface area contributed by atoms with E-state index in [-0.39, 0.29) is 11.8 Å². The van der Waals surface area contributed by atoms with Gasteiger partial charge in [-0.05, 0) is 47.7 Å². The lowest BCUT2D eigenvalue weighted by Gasteiger charge is -2.42. The summed E-state index contributed by atoms with van der Waals surface area (Å²) >= 11 is 0. The fourth-order valence-corrected chi connectivity index (χ4v) is 3.78. The number of aliphatic hydroxyl groups is 1. The molecule has 30 heavy (non-hydrogen) atoms. The molecular formula is C23H27FN2O4. The summed E-state index contributed by atoms with van der Waals surface area (Å²) in [5.41, 5.74) is 1.29. The van der Waals surface area contributed by atoms with E-state index in [0.29, 0.717) is 24.3 Å². The summed E-state index contributed by atoms with van der Waals surface area (Å²) in [6.07, 6.45) is -0.686. The molecule has 0 aromatic heterocycles. The minimum absolute atomic E-state index is 0.205. The first kappa shape index (κ1) is 21.9. The van der Waals surface area contributed by atoms with E-state index in [2.05, 4.69) is 5.32 Å². The van der Waals surface area contributed by atoms with Crippen LogP contribution in [0.5, 0.6) is 5.75 Å². The molecule has 6 nitrogen and oxygen atoms in total. The van der Waals surface area contributed by atoms with Crippen molar-refractivity contribution in [3.63, 3.8) is 0 Å². The van der Waals surface area contributed by atoms with Gasteiger partial charge in [0.15, 0.2) is 0 Å². The number of imide groups is 1. The maximum Gasteiger partial charge on any atom is 0.247 e. The van der Waals surface area contributed by atoms with E-state index in [1.54, 1.807) is 12.0 Å². The fraction of sp³-hybridized carbons (Fsp3) is 0.391. The van der Waals surface area contributed by atoms with Crippen LogP contribution in [0.4, 0.5) is 4.39 Å². The lowest BCUT2D eigenvalue weighted by molar-refractivity contribution is -0.150. The number of amides is 2. The lowest BCUT2D eigenvalue weighted by Crippen LogP contribution is -2.64. The average molecular weight is 414 g/mol. The maximum absolute atomic E-state index is 13.3. The number of carbonyl (C=O) groups excluding carboxylic acids is 2. The summed E-state index contributed by atoms with van der Waals surface area (Å²) in [6, 6.07) is 11.2. The monoisotopic (exact) mass is 414 g/mol. The molecule has 0 radical (unpaired) electrons. The van der Waals surface area contributed by atoms with Crippen molar-refractivity contribution in [3.8, 4) is 5.75 Å². The number of carbonyl (C=O) groups is 2. The van der Waals surface area contributed by atoms with E-state index in [1.807, 2.05) is 38.1 Å². The van der Waals surface area contributed by atoms with E-state index < -0.39 is 29.9 Å². The molecule has 3 rings (SSSR count). The summed E-state index contributed by atoms with van der Waals surface area (Å²) in [5.74, 6) is -0.458. The molecule has 1 fully saturated rings. The van der Waals surface area contributed by atoms with Gasteiger partial charge in [-0.1, -0.05) is 38.1 Å². The second kappa shape index (κ2) is 9.36. The Bertz CT molecular complexity index is 883. The Hall–Kier alpha value is -2.77. The number of nitrogens with one attached hydrogen (secondary N) is 1. The van der Waals surface area contributed by atoms with Crippen LogP contribution < -0.4 is 10.1 Å². The van der Waals surface area contributed by atoms with Crippen molar-refractivity contribution >= 4 is 11.8 Å². The number of rotatable bonds is 7. The third-order valence-electron chi connectivity index (χ3n) is 5.30. The summed E-state index contributed by atoms with van der Waals surface area (Å²) in [7, 11) is 1.58. The number of ether oxygens (including phenoxy) is 1. The zero-order valence-electron chi connectivity index (χ0n) is 17.3. The Kier molecular flexibility index (Phi) is 6.84. The highest BCUT2D eigenvalue weighted by molar-refractivity contribution is 6.03. The van der Waals surface area contributed by atoms with Gasteiger partial charge in [0.05, 0.1) is 13.2 Å². The zero-order valence-corrected chi connectivity index (χ0v) is 17.3. The fourth-order valence-electron chi connectivity index (χ4n) is 3.78. The first-order valence-corrected chi connectivity index (χ1v) is 9.97. The lowest BCUT2D eigenvalue weighted by atomic mass is 9.91. The first-order valence-electron chi connectivity index (χ1n) is 9.97. The molecule has 2 aromatic rings. The molecule has 160 valence electrons. The largest absolute Gasteiger partial charge is 0.497 e. The summed E-state index contributed by atoms with van der Waals surface area (Å²) in [4.78, 5) is 27.2. The Morgan fingerprint density at radius 1 is 1.07 bits per heavy atom. The van der Waals surface area contributed by atoms with Crippen molar-refractivity contribution in [2.24, 2.45) is 5.92 Å². The van der Waals surface area contributed by atoms with Gasteiger partial charge in [0, 0.05) is 6.54 Å². The number of hydrogen-bond donors (Lipinski definition) is 2. The zero-order chi connectivity index (χ0) is 21.8. The van der Waals surface area contributed by atoms with Crippen molar-refractivity contribution in [2.75, 3.05) is 7.11 Å². The molecule has 2 N–H and O–H groups in total. The van der Waals surface area contributed by atoms with Crippen LogP contribution in [0.25, 0.3) is 0 Å². The van der Waals surface area contributed by atoms with Crippen LogP contribution in [0.3, 0.4) is 0 Å². The molecule has 0 unspecified atom stereocenters. The van der Waals surface area contributed by atoms with Crippen LogP contribution >= 0.6 is 0 Å². The van der Waals surface area contributed by atoms with Crippen LogP contribution in [0.2, 0.25) is 0 Å². The molecule has 3 atom stereocenters. The number of benzene rings is 2. The minimum atomic E-state index is -1.22. The van der Waals surface area contributed by atoms with Gasteiger partial charge < -0.3 is 9.84 Å². The Balaban J connectivity index is 1.97. The maximum atomic E-state index is 13.3. The van der Waals surface area contributed by atoms with Gasteiger partial charge in [-0.25, -0.2) is 4.39 Å². The Morgan fingerprint density at radius 3 is 2.27 bits per heavy atom. The van der Waals surface area contributed by atoms with Gasteiger partial charge in [-0.15, -0.1) is 0 Å². The standard InChI is InChI=1S/C23H27FN2O4/c1-14(2)12-19-22(28)25-23(29)20(21(27)16-6-8-17(24)9-7-16)26(19)13-15-4-10-18(30-3)11-5-15/h4-11,14,19-21,27H,12-13H2,1-3H3,(H,25,28,29)/t19-,20-,21+/m0/s1. The third-order valence-corrected chi connectivity index (χ3v) is 5.30. The van der Waals surface area contributed by atoms with E-state index in [4.69, 9.17) is 4.74 Å². The van der Waals surface area contributed by atoms with Crippen LogP contribution in [-0.4, -0.2) is 41.0 Å². The number of piperazine rings is 1. The topological polar surface area (TPSA) is 78.9 Å². The molecule has 0 bridgehead atoms. The second-order valence-corrected chi connectivity index (χ2v) is 7.96. The number of nitrogens with zero attached hydrogens (tertiary/aromatic N) is 1. The van der Waals surface area contributed by atoms with Crippen LogP contribution in [0, 0.1) is 11.7 Å². The van der Waals surface area contributed by atoms with Crippen molar-refractivity contribution in [3.05, 3.63) is 65.5 Å². The number of hydrogen-bond acceptors (Lipinski definition) is 5. The molecule has 1 aliphatic heterocycles. The van der Waals surface area contributed by atoms with Crippen LogP contribution in [0.1, 0.15) is 37.5 Å². The van der Waals surface area contributed by atoms with E-state index in [9.17, 15) is 19.1 Å². The number of halogens is 1. The molecule has 2 amide bonds. The van der Waals surface area contributed by atoms with Gasteiger partial charge in [-0.2, -0.15) is 0 Å². The molecule has 1 heterocycles. The minimum Gasteiger partial charge on any atom is -0.497 e. The molecule has 0 saturated carbocycles. The highest BCUT2D eigenvalue weighted by Gasteiger charge is 2.45. The Morgan fingerprint density at radius 2 is 1.70 bits per heavy atom. The van der Waals surface area contributed by atoms with Crippen molar-refractivity contribution in [1.29, 1.82) is 0 Å².